The van der Waals surface area contributed by atoms with Crippen LogP contribution in [-0.4, -0.2) is 4.98 Å². The van der Waals surface area contributed by atoms with Gasteiger partial charge in [0.15, 0.2) is 0 Å². The molecule has 1 heteroatoms. The van der Waals surface area contributed by atoms with Crippen molar-refractivity contribution in [3.8, 4) is 23.1 Å². The zero-order valence-corrected chi connectivity index (χ0v) is 15.8. The topological polar surface area (TPSA) is 12.9 Å². The van der Waals surface area contributed by atoms with Crippen molar-refractivity contribution in [1.82, 2.24) is 4.98 Å². The Kier molecular flexibility index (Phi) is 4.39. The van der Waals surface area contributed by atoms with E-state index in [1.54, 1.807) is 0 Å². The number of nitrogens with zero attached hydrogens (tertiary/aromatic N) is 1. The number of aromatic nitrogens is 1. The first kappa shape index (κ1) is 16.8. The molecule has 5 rings (SSSR count). The Balaban J connectivity index is 1.78. The minimum absolute atomic E-state index is 1.01. The fourth-order valence-corrected chi connectivity index (χ4v) is 4.05. The van der Waals surface area contributed by atoms with Crippen LogP contribution < -0.4 is 0 Å². The maximum absolute atomic E-state index is 4.80. The summed E-state index contributed by atoms with van der Waals surface area (Å²) in [6.07, 6.45) is 8.98. The van der Waals surface area contributed by atoms with Gasteiger partial charge in [0.25, 0.3) is 0 Å². The van der Waals surface area contributed by atoms with E-state index in [1.165, 1.54) is 40.0 Å². The molecule has 28 heavy (non-hydrogen) atoms. The first-order valence-corrected chi connectivity index (χ1v) is 9.97. The van der Waals surface area contributed by atoms with E-state index in [4.69, 9.17) is 4.98 Å². The van der Waals surface area contributed by atoms with E-state index in [0.29, 0.717) is 0 Å². The third-order valence-electron chi connectivity index (χ3n) is 5.49. The molecule has 4 aromatic rings. The first-order chi connectivity index (χ1) is 13.9. The minimum Gasteiger partial charge on any atom is -0.256 e. The molecule has 3 aromatic carbocycles. The standard InChI is InChI=1S/C27H21N/c1-2-8-20(9-3-1)14-15-23-17-16-21-10-4-6-12-24(21)26(23)27-25-13-7-5-11-22(25)18-19-28-27/h4-8,10-13,16-19H,1-3,9H2. The van der Waals surface area contributed by atoms with E-state index >= 15 is 0 Å². The van der Waals surface area contributed by atoms with Gasteiger partial charge in [0.2, 0.25) is 0 Å². The highest BCUT2D eigenvalue weighted by molar-refractivity contribution is 6.05. The van der Waals surface area contributed by atoms with Gasteiger partial charge in [-0.15, -0.1) is 0 Å². The molecular formula is C27H21N. The van der Waals surface area contributed by atoms with E-state index in [-0.39, 0.29) is 0 Å². The van der Waals surface area contributed by atoms with Crippen molar-refractivity contribution in [2.45, 2.75) is 25.7 Å². The van der Waals surface area contributed by atoms with Crippen LogP contribution >= 0.6 is 0 Å². The monoisotopic (exact) mass is 359 g/mol. The number of hydrogen-bond donors (Lipinski definition) is 0. The largest absolute Gasteiger partial charge is 0.256 e. The zero-order valence-electron chi connectivity index (χ0n) is 15.8. The molecule has 1 aromatic heterocycles. The Bertz CT molecular complexity index is 1260. The molecule has 1 nitrogen and oxygen atoms in total. The lowest BCUT2D eigenvalue weighted by molar-refractivity contribution is 0.715. The molecule has 0 fully saturated rings. The van der Waals surface area contributed by atoms with Crippen molar-refractivity contribution in [2.24, 2.45) is 0 Å². The van der Waals surface area contributed by atoms with Crippen molar-refractivity contribution in [1.29, 1.82) is 0 Å². The lowest BCUT2D eigenvalue weighted by atomic mass is 9.93. The smallest absolute Gasteiger partial charge is 0.0799 e. The van der Waals surface area contributed by atoms with Gasteiger partial charge in [-0.25, -0.2) is 0 Å². The summed E-state index contributed by atoms with van der Waals surface area (Å²) in [5.74, 6) is 6.92. The zero-order chi connectivity index (χ0) is 18.8. The Morgan fingerprint density at radius 1 is 0.714 bits per heavy atom. The van der Waals surface area contributed by atoms with Crippen molar-refractivity contribution in [3.63, 3.8) is 0 Å². The van der Waals surface area contributed by atoms with Gasteiger partial charge in [0, 0.05) is 22.7 Å². The number of fused-ring (bicyclic) bond motifs is 2. The lowest BCUT2D eigenvalue weighted by Gasteiger charge is -2.12. The molecule has 1 heterocycles. The molecule has 0 unspecified atom stereocenters. The van der Waals surface area contributed by atoms with Crippen LogP contribution in [0.3, 0.4) is 0 Å². The van der Waals surface area contributed by atoms with Crippen LogP contribution in [0.25, 0.3) is 32.8 Å². The van der Waals surface area contributed by atoms with Crippen molar-refractivity contribution >= 4 is 21.5 Å². The van der Waals surface area contributed by atoms with Crippen molar-refractivity contribution in [2.75, 3.05) is 0 Å². The molecule has 0 atom stereocenters. The Morgan fingerprint density at radius 2 is 1.50 bits per heavy atom. The van der Waals surface area contributed by atoms with Gasteiger partial charge >= 0.3 is 0 Å². The highest BCUT2D eigenvalue weighted by Gasteiger charge is 2.13. The maximum Gasteiger partial charge on any atom is 0.0799 e. The van der Waals surface area contributed by atoms with Gasteiger partial charge in [-0.2, -0.15) is 0 Å². The third kappa shape index (κ3) is 3.08. The molecule has 1 aliphatic rings. The van der Waals surface area contributed by atoms with E-state index in [9.17, 15) is 0 Å². The fourth-order valence-electron chi connectivity index (χ4n) is 4.05. The summed E-state index contributed by atoms with van der Waals surface area (Å²) >= 11 is 0. The van der Waals surface area contributed by atoms with E-state index in [1.807, 2.05) is 6.20 Å². The average Bonchev–Trinajstić information content (AvgIpc) is 2.77. The van der Waals surface area contributed by atoms with Gasteiger partial charge < -0.3 is 0 Å². The maximum atomic E-state index is 4.80. The summed E-state index contributed by atoms with van der Waals surface area (Å²) in [6, 6.07) is 23.4. The van der Waals surface area contributed by atoms with Crippen LogP contribution in [0.1, 0.15) is 31.2 Å². The second-order valence-corrected chi connectivity index (χ2v) is 7.32. The highest BCUT2D eigenvalue weighted by Crippen LogP contribution is 2.35. The Hall–Kier alpha value is -3.37. The molecule has 0 radical (unpaired) electrons. The van der Waals surface area contributed by atoms with E-state index in [2.05, 4.69) is 84.6 Å². The molecular weight excluding hydrogens is 338 g/mol. The molecule has 134 valence electrons. The molecule has 0 spiro atoms. The molecule has 0 aliphatic heterocycles. The van der Waals surface area contributed by atoms with Gasteiger partial charge in [-0.3, -0.25) is 4.98 Å². The SMILES string of the molecule is C(#Cc1ccc2ccccc2c1-c1nccc2ccccc12)C1=CCCCC1. The second kappa shape index (κ2) is 7.33. The fraction of sp³-hybridized carbons (Fsp3) is 0.148. The predicted octanol–water partition coefficient (Wildman–Crippen LogP) is 6.91. The first-order valence-electron chi connectivity index (χ1n) is 9.97. The second-order valence-electron chi connectivity index (χ2n) is 7.32. The molecule has 0 saturated carbocycles. The Morgan fingerprint density at radius 3 is 2.32 bits per heavy atom. The Labute approximate surface area is 165 Å². The van der Waals surface area contributed by atoms with Crippen LogP contribution in [0.15, 0.2) is 84.6 Å². The molecule has 0 bridgehead atoms. The van der Waals surface area contributed by atoms with Crippen LogP contribution in [0.5, 0.6) is 0 Å². The summed E-state index contributed by atoms with van der Waals surface area (Å²) in [5.41, 5.74) is 4.47. The summed E-state index contributed by atoms with van der Waals surface area (Å²) in [4.78, 5) is 4.80. The van der Waals surface area contributed by atoms with Crippen LogP contribution in [-0.2, 0) is 0 Å². The summed E-state index contributed by atoms with van der Waals surface area (Å²) < 4.78 is 0. The van der Waals surface area contributed by atoms with Crippen molar-refractivity contribution < 1.29 is 0 Å². The third-order valence-corrected chi connectivity index (χ3v) is 5.49. The lowest BCUT2D eigenvalue weighted by Crippen LogP contribution is -1.93. The summed E-state index contributed by atoms with van der Waals surface area (Å²) in [5, 5.41) is 4.79. The van der Waals surface area contributed by atoms with E-state index in [0.717, 1.165) is 29.7 Å². The van der Waals surface area contributed by atoms with Gasteiger partial charge in [0.05, 0.1) is 5.69 Å². The predicted molar refractivity (Wildman–Crippen MR) is 118 cm³/mol. The molecule has 0 N–H and O–H groups in total. The highest BCUT2D eigenvalue weighted by atomic mass is 14.7. The molecule has 0 saturated heterocycles. The van der Waals surface area contributed by atoms with E-state index < -0.39 is 0 Å². The normalized spacial score (nSPS) is 13.8. The number of benzene rings is 3. The number of pyridine rings is 1. The quantitative estimate of drug-likeness (QED) is 0.337. The minimum atomic E-state index is 1.01. The van der Waals surface area contributed by atoms with Gasteiger partial charge in [-0.1, -0.05) is 72.5 Å². The summed E-state index contributed by atoms with van der Waals surface area (Å²) in [7, 11) is 0. The van der Waals surface area contributed by atoms with Crippen LogP contribution in [0.2, 0.25) is 0 Å². The van der Waals surface area contributed by atoms with Crippen molar-refractivity contribution in [3.05, 3.63) is 90.1 Å². The number of allylic oxidation sites excluding steroid dienone is 2. The molecule has 0 amide bonds. The van der Waals surface area contributed by atoms with Gasteiger partial charge in [0.1, 0.15) is 0 Å². The summed E-state index contributed by atoms with van der Waals surface area (Å²) in [6.45, 7) is 0. The average molecular weight is 359 g/mol. The van der Waals surface area contributed by atoms with Crippen LogP contribution in [0.4, 0.5) is 0 Å². The molecule has 1 aliphatic carbocycles. The van der Waals surface area contributed by atoms with Crippen LogP contribution in [0, 0.1) is 11.8 Å². The number of rotatable bonds is 1. The van der Waals surface area contributed by atoms with Gasteiger partial charge in [-0.05, 0) is 59.5 Å². The number of hydrogen-bond acceptors (Lipinski definition) is 1.